The molecule has 0 spiro atoms. The second-order valence-electron chi connectivity index (χ2n) is 3.22. The van der Waals surface area contributed by atoms with Crippen molar-refractivity contribution in [3.8, 4) is 17.4 Å². The van der Waals surface area contributed by atoms with E-state index in [4.69, 9.17) is 4.74 Å². The maximum Gasteiger partial charge on any atom is 0.298 e. The molecule has 1 aromatic heterocycles. The first-order valence-corrected chi connectivity index (χ1v) is 4.69. The zero-order chi connectivity index (χ0) is 11.5. The Hall–Kier alpha value is -2.30. The Morgan fingerprint density at radius 2 is 2.00 bits per heavy atom. The number of nitrogens with one attached hydrogen (secondary N) is 1. The molecule has 0 atom stereocenters. The predicted molar refractivity (Wildman–Crippen MR) is 57.8 cm³/mol. The van der Waals surface area contributed by atoms with Gasteiger partial charge in [-0.25, -0.2) is 0 Å². The minimum Gasteiger partial charge on any atom is -0.490 e. The molecule has 0 aliphatic heterocycles. The van der Waals surface area contributed by atoms with Gasteiger partial charge in [-0.1, -0.05) is 18.2 Å². The molecular formula is C11H10N2O3. The maximum absolute atomic E-state index is 11.5. The molecule has 0 fully saturated rings. The fourth-order valence-corrected chi connectivity index (χ4v) is 1.26. The summed E-state index contributed by atoms with van der Waals surface area (Å²) >= 11 is 0. The number of nitrogens with zero attached hydrogens (tertiary/aromatic N) is 1. The van der Waals surface area contributed by atoms with Gasteiger partial charge in [0.1, 0.15) is 11.6 Å². The number of benzene rings is 1. The highest BCUT2D eigenvalue weighted by Crippen LogP contribution is 2.23. The smallest absolute Gasteiger partial charge is 0.298 e. The molecular weight excluding hydrogens is 208 g/mol. The van der Waals surface area contributed by atoms with E-state index in [1.54, 1.807) is 31.2 Å². The third kappa shape index (κ3) is 2.03. The summed E-state index contributed by atoms with van der Waals surface area (Å²) in [5.74, 6) is 0.193. The fraction of sp³-hybridized carbons (Fsp3) is 0.0909. The van der Waals surface area contributed by atoms with E-state index in [0.29, 0.717) is 11.6 Å². The first-order valence-electron chi connectivity index (χ1n) is 4.69. The van der Waals surface area contributed by atoms with Gasteiger partial charge in [-0.05, 0) is 19.1 Å². The molecule has 5 nitrogen and oxygen atoms in total. The van der Waals surface area contributed by atoms with Crippen LogP contribution in [0.5, 0.6) is 17.4 Å². The molecule has 0 radical (unpaired) electrons. The van der Waals surface area contributed by atoms with Gasteiger partial charge in [0.25, 0.3) is 17.2 Å². The van der Waals surface area contributed by atoms with E-state index >= 15 is 0 Å². The van der Waals surface area contributed by atoms with Crippen LogP contribution in [0.15, 0.2) is 35.1 Å². The number of aromatic hydroxyl groups is 1. The monoisotopic (exact) mass is 218 g/mol. The highest BCUT2D eigenvalue weighted by atomic mass is 16.5. The molecule has 2 rings (SSSR count). The standard InChI is InChI=1S/C11H10N2O3/c1-7-12-10(14)9(11(15)13-7)16-8-5-3-2-4-6-8/h2-6H,1H3,(H2,12,13,14,15). The van der Waals surface area contributed by atoms with Crippen molar-refractivity contribution in [2.45, 2.75) is 6.92 Å². The van der Waals surface area contributed by atoms with E-state index in [1.165, 1.54) is 0 Å². The molecule has 5 heteroatoms. The zero-order valence-corrected chi connectivity index (χ0v) is 8.60. The van der Waals surface area contributed by atoms with Crippen LogP contribution in [0.3, 0.4) is 0 Å². The molecule has 0 aliphatic carbocycles. The number of hydrogen-bond donors (Lipinski definition) is 2. The number of aromatic amines is 1. The summed E-state index contributed by atoms with van der Waals surface area (Å²) in [5, 5.41) is 9.48. The van der Waals surface area contributed by atoms with Crippen molar-refractivity contribution in [2.24, 2.45) is 0 Å². The van der Waals surface area contributed by atoms with Gasteiger partial charge >= 0.3 is 0 Å². The van der Waals surface area contributed by atoms with Crippen LogP contribution >= 0.6 is 0 Å². The van der Waals surface area contributed by atoms with Gasteiger partial charge in [-0.3, -0.25) is 4.79 Å². The van der Waals surface area contributed by atoms with Crippen molar-refractivity contribution < 1.29 is 9.84 Å². The molecule has 0 unspecified atom stereocenters. The summed E-state index contributed by atoms with van der Waals surface area (Å²) in [7, 11) is 0. The quantitative estimate of drug-likeness (QED) is 0.802. The molecule has 16 heavy (non-hydrogen) atoms. The molecule has 2 aromatic rings. The van der Waals surface area contributed by atoms with Gasteiger partial charge in [-0.2, -0.15) is 4.98 Å². The van der Waals surface area contributed by atoms with Gasteiger partial charge in [0.15, 0.2) is 0 Å². The molecule has 82 valence electrons. The van der Waals surface area contributed by atoms with Crippen LogP contribution in [-0.2, 0) is 0 Å². The van der Waals surface area contributed by atoms with E-state index < -0.39 is 11.4 Å². The third-order valence-electron chi connectivity index (χ3n) is 1.94. The third-order valence-corrected chi connectivity index (χ3v) is 1.94. The molecule has 0 saturated carbocycles. The Kier molecular flexibility index (Phi) is 2.59. The highest BCUT2D eigenvalue weighted by Gasteiger charge is 2.11. The fourth-order valence-electron chi connectivity index (χ4n) is 1.26. The molecule has 1 aromatic carbocycles. The lowest BCUT2D eigenvalue weighted by Gasteiger charge is -2.05. The van der Waals surface area contributed by atoms with Crippen molar-refractivity contribution in [3.63, 3.8) is 0 Å². The first-order chi connectivity index (χ1) is 7.66. The van der Waals surface area contributed by atoms with E-state index in [2.05, 4.69) is 9.97 Å². The number of H-pyrrole nitrogens is 1. The van der Waals surface area contributed by atoms with E-state index in [9.17, 15) is 9.90 Å². The number of aryl methyl sites for hydroxylation is 1. The zero-order valence-electron chi connectivity index (χ0n) is 8.60. The Labute approximate surface area is 91.4 Å². The Morgan fingerprint density at radius 1 is 1.31 bits per heavy atom. The highest BCUT2D eigenvalue weighted by molar-refractivity contribution is 5.35. The van der Waals surface area contributed by atoms with E-state index in [0.717, 1.165) is 0 Å². The van der Waals surface area contributed by atoms with Crippen LogP contribution in [0.2, 0.25) is 0 Å². The molecule has 0 saturated heterocycles. The van der Waals surface area contributed by atoms with Gasteiger partial charge in [-0.15, -0.1) is 0 Å². The summed E-state index contributed by atoms with van der Waals surface area (Å²) in [6.07, 6.45) is 0. The van der Waals surface area contributed by atoms with Gasteiger partial charge in [0.05, 0.1) is 0 Å². The van der Waals surface area contributed by atoms with Crippen molar-refractivity contribution in [2.75, 3.05) is 0 Å². The normalized spacial score (nSPS) is 10.1. The number of para-hydroxylation sites is 1. The van der Waals surface area contributed by atoms with Crippen LogP contribution in [0.4, 0.5) is 0 Å². The number of hydrogen-bond acceptors (Lipinski definition) is 4. The molecule has 2 N–H and O–H groups in total. The minimum atomic E-state index is -0.506. The van der Waals surface area contributed by atoms with Crippen LogP contribution in [0.1, 0.15) is 5.82 Å². The summed E-state index contributed by atoms with van der Waals surface area (Å²) < 4.78 is 5.24. The Bertz CT molecular complexity index is 549. The van der Waals surface area contributed by atoms with Gasteiger partial charge in [0, 0.05) is 0 Å². The Balaban J connectivity index is 2.39. The van der Waals surface area contributed by atoms with Gasteiger partial charge < -0.3 is 14.8 Å². The lowest BCUT2D eigenvalue weighted by molar-refractivity contribution is 0.388. The maximum atomic E-state index is 11.5. The molecule has 1 heterocycles. The molecule has 0 amide bonds. The van der Waals surface area contributed by atoms with Gasteiger partial charge in [0.2, 0.25) is 0 Å². The SMILES string of the molecule is Cc1nc(O)c(Oc2ccccc2)c(=O)[nH]1. The largest absolute Gasteiger partial charge is 0.490 e. The second-order valence-corrected chi connectivity index (χ2v) is 3.22. The van der Waals surface area contributed by atoms with Crippen LogP contribution in [0, 0.1) is 6.92 Å². The number of ether oxygens (including phenoxy) is 1. The molecule has 0 bridgehead atoms. The average Bonchev–Trinajstić information content (AvgIpc) is 2.25. The molecule has 0 aliphatic rings. The Morgan fingerprint density at radius 3 is 2.62 bits per heavy atom. The van der Waals surface area contributed by atoms with Crippen molar-refractivity contribution >= 4 is 0 Å². The topological polar surface area (TPSA) is 75.2 Å². The summed E-state index contributed by atoms with van der Waals surface area (Å²) in [6, 6.07) is 8.71. The first kappa shape index (κ1) is 10.2. The van der Waals surface area contributed by atoms with Crippen LogP contribution in [0.25, 0.3) is 0 Å². The number of rotatable bonds is 2. The van der Waals surface area contributed by atoms with Crippen molar-refractivity contribution in [3.05, 3.63) is 46.5 Å². The van der Waals surface area contributed by atoms with E-state index in [1.807, 2.05) is 6.07 Å². The summed E-state index contributed by atoms with van der Waals surface area (Å²) in [6.45, 7) is 1.58. The second kappa shape index (κ2) is 4.06. The predicted octanol–water partition coefficient (Wildman–Crippen LogP) is 1.58. The van der Waals surface area contributed by atoms with E-state index in [-0.39, 0.29) is 5.75 Å². The van der Waals surface area contributed by atoms with Crippen molar-refractivity contribution in [1.29, 1.82) is 0 Å². The lowest BCUT2D eigenvalue weighted by atomic mass is 10.3. The summed E-state index contributed by atoms with van der Waals surface area (Å²) in [5.41, 5.74) is -0.506. The number of aromatic nitrogens is 2. The van der Waals surface area contributed by atoms with Crippen molar-refractivity contribution in [1.82, 2.24) is 9.97 Å². The average molecular weight is 218 g/mol. The van der Waals surface area contributed by atoms with Crippen LogP contribution in [-0.4, -0.2) is 15.1 Å². The summed E-state index contributed by atoms with van der Waals surface area (Å²) in [4.78, 5) is 17.6. The van der Waals surface area contributed by atoms with Crippen LogP contribution < -0.4 is 10.3 Å². The lowest BCUT2D eigenvalue weighted by Crippen LogP contribution is -2.11. The minimum absolute atomic E-state index is 0.197.